The largest absolute Gasteiger partial charge is 0.350 e. The Labute approximate surface area is 103 Å². The van der Waals surface area contributed by atoms with Crippen LogP contribution in [0.25, 0.3) is 0 Å². The van der Waals surface area contributed by atoms with Gasteiger partial charge in [0.15, 0.2) is 0 Å². The highest BCUT2D eigenvalue weighted by molar-refractivity contribution is 5.78. The fourth-order valence-corrected chi connectivity index (χ4v) is 1.76. The van der Waals surface area contributed by atoms with Gasteiger partial charge in [0, 0.05) is 12.1 Å². The molecule has 1 unspecified atom stereocenters. The molecule has 0 spiro atoms. The highest BCUT2D eigenvalue weighted by Crippen LogP contribution is 2.14. The lowest BCUT2D eigenvalue weighted by atomic mass is 9.91. The molecule has 4 nitrogen and oxygen atoms in total. The van der Waals surface area contributed by atoms with E-state index in [4.69, 9.17) is 5.73 Å². The second-order valence-corrected chi connectivity index (χ2v) is 4.47. The number of hydrogen-bond donors (Lipinski definition) is 2. The Bertz CT molecular complexity index is 338. The number of pyridine rings is 1. The molecule has 0 bridgehead atoms. The van der Waals surface area contributed by atoms with Gasteiger partial charge in [0.2, 0.25) is 5.91 Å². The second-order valence-electron chi connectivity index (χ2n) is 4.47. The van der Waals surface area contributed by atoms with E-state index in [1.165, 1.54) is 0 Å². The summed E-state index contributed by atoms with van der Waals surface area (Å²) in [6, 6.07) is 5.67. The zero-order chi connectivity index (χ0) is 12.7. The van der Waals surface area contributed by atoms with Crippen molar-refractivity contribution in [2.45, 2.75) is 26.8 Å². The molecule has 0 aliphatic carbocycles. The van der Waals surface area contributed by atoms with E-state index in [0.717, 1.165) is 12.1 Å². The van der Waals surface area contributed by atoms with Crippen LogP contribution in [-0.2, 0) is 11.3 Å². The summed E-state index contributed by atoms with van der Waals surface area (Å²) in [7, 11) is 0. The predicted molar refractivity (Wildman–Crippen MR) is 68.1 cm³/mol. The van der Waals surface area contributed by atoms with Gasteiger partial charge in [-0.15, -0.1) is 0 Å². The molecule has 1 rings (SSSR count). The summed E-state index contributed by atoms with van der Waals surface area (Å²) < 4.78 is 0. The molecule has 0 saturated carbocycles. The van der Waals surface area contributed by atoms with E-state index in [1.54, 1.807) is 6.20 Å². The first-order valence-corrected chi connectivity index (χ1v) is 6.02. The Morgan fingerprint density at radius 1 is 1.47 bits per heavy atom. The number of amides is 1. The van der Waals surface area contributed by atoms with Gasteiger partial charge in [-0.1, -0.05) is 19.9 Å². The molecule has 1 atom stereocenters. The maximum absolute atomic E-state index is 12.0. The molecule has 1 aromatic heterocycles. The Morgan fingerprint density at radius 2 is 2.24 bits per heavy atom. The van der Waals surface area contributed by atoms with E-state index in [0.29, 0.717) is 19.0 Å². The summed E-state index contributed by atoms with van der Waals surface area (Å²) in [5.74, 6) is 0.363. The molecule has 0 aliphatic heterocycles. The average molecular weight is 235 g/mol. The molecule has 0 radical (unpaired) electrons. The number of nitrogens with one attached hydrogen (secondary N) is 1. The van der Waals surface area contributed by atoms with Crippen LogP contribution in [0.2, 0.25) is 0 Å². The van der Waals surface area contributed by atoms with E-state index in [9.17, 15) is 4.79 Å². The third-order valence-electron chi connectivity index (χ3n) is 2.79. The lowest BCUT2D eigenvalue weighted by Crippen LogP contribution is -2.34. The van der Waals surface area contributed by atoms with Crippen molar-refractivity contribution in [1.82, 2.24) is 10.3 Å². The molecule has 4 heteroatoms. The average Bonchev–Trinajstić information content (AvgIpc) is 2.34. The normalized spacial score (nSPS) is 12.5. The molecular weight excluding hydrogens is 214 g/mol. The maximum atomic E-state index is 12.0. The van der Waals surface area contributed by atoms with E-state index < -0.39 is 0 Å². The van der Waals surface area contributed by atoms with Crippen LogP contribution in [0.4, 0.5) is 0 Å². The van der Waals surface area contributed by atoms with Crippen molar-refractivity contribution in [3.05, 3.63) is 30.1 Å². The molecule has 0 saturated heterocycles. The highest BCUT2D eigenvalue weighted by Gasteiger charge is 2.20. The van der Waals surface area contributed by atoms with Crippen molar-refractivity contribution in [1.29, 1.82) is 0 Å². The molecular formula is C13H21N3O. The van der Waals surface area contributed by atoms with Crippen LogP contribution in [0.5, 0.6) is 0 Å². The first kappa shape index (κ1) is 13.6. The summed E-state index contributed by atoms with van der Waals surface area (Å²) in [6.07, 6.45) is 2.45. The van der Waals surface area contributed by atoms with Gasteiger partial charge in [-0.3, -0.25) is 9.78 Å². The maximum Gasteiger partial charge on any atom is 0.223 e. The third-order valence-corrected chi connectivity index (χ3v) is 2.79. The SMILES string of the molecule is CC(C)C(CCN)C(=O)NCc1ccccn1. The lowest BCUT2D eigenvalue weighted by molar-refractivity contribution is -0.126. The first-order chi connectivity index (χ1) is 8.15. The molecule has 1 amide bonds. The van der Waals surface area contributed by atoms with Crippen molar-refractivity contribution in [2.24, 2.45) is 17.6 Å². The van der Waals surface area contributed by atoms with E-state index in [-0.39, 0.29) is 11.8 Å². The Kier molecular flexibility index (Phi) is 5.63. The van der Waals surface area contributed by atoms with E-state index in [1.807, 2.05) is 32.0 Å². The number of nitrogens with two attached hydrogens (primary N) is 1. The number of carbonyl (C=O) groups excluding carboxylic acids is 1. The minimum absolute atomic E-state index is 0.0105. The number of nitrogens with zero attached hydrogens (tertiary/aromatic N) is 1. The number of aromatic nitrogens is 1. The van der Waals surface area contributed by atoms with Crippen molar-refractivity contribution in [3.8, 4) is 0 Å². The number of hydrogen-bond acceptors (Lipinski definition) is 3. The van der Waals surface area contributed by atoms with Gasteiger partial charge in [0.05, 0.1) is 12.2 Å². The van der Waals surface area contributed by atoms with Crippen molar-refractivity contribution in [2.75, 3.05) is 6.54 Å². The highest BCUT2D eigenvalue weighted by atomic mass is 16.1. The van der Waals surface area contributed by atoms with E-state index in [2.05, 4.69) is 10.3 Å². The van der Waals surface area contributed by atoms with Crippen molar-refractivity contribution < 1.29 is 4.79 Å². The Hall–Kier alpha value is -1.42. The van der Waals surface area contributed by atoms with Gasteiger partial charge < -0.3 is 11.1 Å². The monoisotopic (exact) mass is 235 g/mol. The van der Waals surface area contributed by atoms with Gasteiger partial charge in [-0.25, -0.2) is 0 Å². The quantitative estimate of drug-likeness (QED) is 0.781. The summed E-state index contributed by atoms with van der Waals surface area (Å²) >= 11 is 0. The summed E-state index contributed by atoms with van der Waals surface area (Å²) in [5, 5.41) is 2.91. The van der Waals surface area contributed by atoms with Crippen LogP contribution >= 0.6 is 0 Å². The lowest BCUT2D eigenvalue weighted by Gasteiger charge is -2.19. The van der Waals surface area contributed by atoms with Crippen LogP contribution in [0, 0.1) is 11.8 Å². The van der Waals surface area contributed by atoms with Crippen molar-refractivity contribution >= 4 is 5.91 Å². The minimum Gasteiger partial charge on any atom is -0.350 e. The smallest absolute Gasteiger partial charge is 0.223 e. The van der Waals surface area contributed by atoms with Gasteiger partial charge in [-0.05, 0) is 31.0 Å². The second kappa shape index (κ2) is 7.01. The van der Waals surface area contributed by atoms with E-state index >= 15 is 0 Å². The van der Waals surface area contributed by atoms with Crippen LogP contribution in [-0.4, -0.2) is 17.4 Å². The van der Waals surface area contributed by atoms with Crippen LogP contribution in [0.3, 0.4) is 0 Å². The van der Waals surface area contributed by atoms with Gasteiger partial charge in [-0.2, -0.15) is 0 Å². The fraction of sp³-hybridized carbons (Fsp3) is 0.538. The molecule has 17 heavy (non-hydrogen) atoms. The molecule has 1 aromatic rings. The van der Waals surface area contributed by atoms with Crippen molar-refractivity contribution in [3.63, 3.8) is 0 Å². The molecule has 94 valence electrons. The fourth-order valence-electron chi connectivity index (χ4n) is 1.76. The Morgan fingerprint density at radius 3 is 2.76 bits per heavy atom. The van der Waals surface area contributed by atoms with Crippen LogP contribution in [0.15, 0.2) is 24.4 Å². The van der Waals surface area contributed by atoms with Crippen LogP contribution in [0.1, 0.15) is 26.0 Å². The predicted octanol–water partition coefficient (Wildman–Crippen LogP) is 1.32. The molecule has 0 aliphatic rings. The standard InChI is InChI=1S/C13H21N3O/c1-10(2)12(6-7-14)13(17)16-9-11-5-3-4-8-15-11/h3-5,8,10,12H,6-7,9,14H2,1-2H3,(H,16,17). The molecule has 0 aromatic carbocycles. The van der Waals surface area contributed by atoms with Gasteiger partial charge >= 0.3 is 0 Å². The minimum atomic E-state index is -0.0105. The van der Waals surface area contributed by atoms with Gasteiger partial charge in [0.25, 0.3) is 0 Å². The molecule has 3 N–H and O–H groups in total. The first-order valence-electron chi connectivity index (χ1n) is 6.02. The number of rotatable bonds is 6. The zero-order valence-corrected chi connectivity index (χ0v) is 10.5. The third kappa shape index (κ3) is 4.53. The van der Waals surface area contributed by atoms with Gasteiger partial charge in [0.1, 0.15) is 0 Å². The topological polar surface area (TPSA) is 68.0 Å². The summed E-state index contributed by atoms with van der Waals surface area (Å²) in [5.41, 5.74) is 6.39. The zero-order valence-electron chi connectivity index (χ0n) is 10.5. The number of carbonyl (C=O) groups is 1. The summed E-state index contributed by atoms with van der Waals surface area (Å²) in [6.45, 7) is 5.11. The Balaban J connectivity index is 2.47. The van der Waals surface area contributed by atoms with Crippen LogP contribution < -0.4 is 11.1 Å². The molecule has 1 heterocycles. The summed E-state index contributed by atoms with van der Waals surface area (Å²) in [4.78, 5) is 16.1. The molecule has 0 fully saturated rings.